The predicted molar refractivity (Wildman–Crippen MR) is 92.0 cm³/mol. The summed E-state index contributed by atoms with van der Waals surface area (Å²) in [4.78, 5) is 2.48. The Labute approximate surface area is 130 Å². The van der Waals surface area contributed by atoms with Crippen LogP contribution < -0.4 is 5.32 Å². The van der Waals surface area contributed by atoms with Gasteiger partial charge in [0.1, 0.15) is 0 Å². The molecule has 0 radical (unpaired) electrons. The molecule has 0 amide bonds. The Kier molecular flexibility index (Phi) is 5.45. The van der Waals surface area contributed by atoms with Crippen LogP contribution in [0.2, 0.25) is 0 Å². The summed E-state index contributed by atoms with van der Waals surface area (Å²) in [5, 5.41) is 3.79. The number of rotatable bonds is 6. The Hall–Kier alpha value is -0.860. The van der Waals surface area contributed by atoms with Crippen molar-refractivity contribution in [3.05, 3.63) is 34.9 Å². The summed E-state index contributed by atoms with van der Waals surface area (Å²) in [5.41, 5.74) is 4.60. The number of hydrogen-bond donors (Lipinski definition) is 1. The lowest BCUT2D eigenvalue weighted by atomic mass is 9.82. The Morgan fingerprint density at radius 1 is 1.14 bits per heavy atom. The highest BCUT2D eigenvalue weighted by Crippen LogP contribution is 2.38. The molecule has 0 aliphatic heterocycles. The lowest BCUT2D eigenvalue weighted by Crippen LogP contribution is -2.58. The maximum atomic E-state index is 3.79. The van der Waals surface area contributed by atoms with Crippen LogP contribution in [0.25, 0.3) is 0 Å². The minimum atomic E-state index is 0.328. The first-order chi connectivity index (χ1) is 9.99. The third kappa shape index (κ3) is 3.49. The van der Waals surface area contributed by atoms with Gasteiger partial charge in [0.15, 0.2) is 0 Å². The van der Waals surface area contributed by atoms with Crippen molar-refractivity contribution in [3.63, 3.8) is 0 Å². The normalized spacial score (nSPS) is 19.1. The van der Waals surface area contributed by atoms with Crippen molar-refractivity contribution in [2.24, 2.45) is 0 Å². The largest absolute Gasteiger partial charge is 0.312 e. The first kappa shape index (κ1) is 16.5. The predicted octanol–water partition coefficient (Wildman–Crippen LogP) is 3.70. The van der Waals surface area contributed by atoms with Gasteiger partial charge in [-0.05, 0) is 70.4 Å². The number of nitrogens with one attached hydrogen (secondary N) is 1. The molecule has 2 heteroatoms. The molecule has 1 aromatic carbocycles. The van der Waals surface area contributed by atoms with Gasteiger partial charge in [-0.25, -0.2) is 0 Å². The standard InChI is InChI=1S/C19H32N2/c1-6-20-18(19(21(4)5)11-7-8-12-19)14-17-10-9-15(2)16(3)13-17/h9-10,13,18,20H,6-8,11-12,14H2,1-5H3. The second-order valence-corrected chi connectivity index (χ2v) is 6.94. The fourth-order valence-electron chi connectivity index (χ4n) is 3.96. The van der Waals surface area contributed by atoms with Crippen LogP contribution in [0.1, 0.15) is 49.3 Å². The molecule has 0 spiro atoms. The molecule has 0 saturated heterocycles. The van der Waals surface area contributed by atoms with Crippen LogP contribution in [0.5, 0.6) is 0 Å². The lowest BCUT2D eigenvalue weighted by Gasteiger charge is -2.44. The zero-order chi connectivity index (χ0) is 15.5. The molecule has 0 aromatic heterocycles. The summed E-state index contributed by atoms with van der Waals surface area (Å²) in [6.07, 6.45) is 6.51. The van der Waals surface area contributed by atoms with E-state index >= 15 is 0 Å². The molecule has 1 aromatic rings. The third-order valence-electron chi connectivity index (χ3n) is 5.47. The number of hydrogen-bond acceptors (Lipinski definition) is 2. The molecule has 118 valence electrons. The third-order valence-corrected chi connectivity index (χ3v) is 5.47. The Balaban J connectivity index is 2.23. The van der Waals surface area contributed by atoms with E-state index in [1.807, 2.05) is 0 Å². The van der Waals surface area contributed by atoms with Crippen LogP contribution in [0.4, 0.5) is 0 Å². The van der Waals surface area contributed by atoms with Gasteiger partial charge in [-0.2, -0.15) is 0 Å². The first-order valence-electron chi connectivity index (χ1n) is 8.46. The van der Waals surface area contributed by atoms with E-state index in [1.165, 1.54) is 42.4 Å². The van der Waals surface area contributed by atoms with E-state index in [0.29, 0.717) is 11.6 Å². The number of benzene rings is 1. The minimum absolute atomic E-state index is 0.328. The molecule has 2 nitrogen and oxygen atoms in total. The van der Waals surface area contributed by atoms with Crippen molar-refractivity contribution in [3.8, 4) is 0 Å². The summed E-state index contributed by atoms with van der Waals surface area (Å²) >= 11 is 0. The second kappa shape index (κ2) is 6.93. The fraction of sp³-hybridized carbons (Fsp3) is 0.684. The van der Waals surface area contributed by atoms with Gasteiger partial charge in [-0.15, -0.1) is 0 Å². The van der Waals surface area contributed by atoms with Crippen molar-refractivity contribution >= 4 is 0 Å². The first-order valence-corrected chi connectivity index (χ1v) is 8.46. The molecule has 1 atom stereocenters. The summed E-state index contributed by atoms with van der Waals surface area (Å²) in [5.74, 6) is 0. The molecule has 1 fully saturated rings. The van der Waals surface area contributed by atoms with Crippen LogP contribution in [-0.4, -0.2) is 37.1 Å². The fourth-order valence-corrected chi connectivity index (χ4v) is 3.96. The molecule has 1 unspecified atom stereocenters. The van der Waals surface area contributed by atoms with Gasteiger partial charge in [-0.1, -0.05) is 38.0 Å². The van der Waals surface area contributed by atoms with E-state index in [1.54, 1.807) is 0 Å². The van der Waals surface area contributed by atoms with E-state index in [0.717, 1.165) is 13.0 Å². The van der Waals surface area contributed by atoms with Crippen LogP contribution >= 0.6 is 0 Å². The summed E-state index contributed by atoms with van der Waals surface area (Å²) in [6, 6.07) is 7.50. The molecular formula is C19H32N2. The second-order valence-electron chi connectivity index (χ2n) is 6.94. The van der Waals surface area contributed by atoms with Gasteiger partial charge in [0.05, 0.1) is 0 Å². The van der Waals surface area contributed by atoms with Crippen molar-refractivity contribution < 1.29 is 0 Å². The van der Waals surface area contributed by atoms with E-state index in [-0.39, 0.29) is 0 Å². The number of nitrogens with zero attached hydrogens (tertiary/aromatic N) is 1. The van der Waals surface area contributed by atoms with E-state index in [4.69, 9.17) is 0 Å². The molecular weight excluding hydrogens is 256 g/mol. The topological polar surface area (TPSA) is 15.3 Å². The van der Waals surface area contributed by atoms with Gasteiger partial charge in [0.2, 0.25) is 0 Å². The highest BCUT2D eigenvalue weighted by molar-refractivity contribution is 5.31. The van der Waals surface area contributed by atoms with Crippen molar-refractivity contribution in [1.82, 2.24) is 10.2 Å². The summed E-state index contributed by atoms with van der Waals surface area (Å²) < 4.78 is 0. The highest BCUT2D eigenvalue weighted by Gasteiger charge is 2.42. The summed E-state index contributed by atoms with van der Waals surface area (Å²) in [6.45, 7) is 7.69. The van der Waals surface area contributed by atoms with E-state index in [2.05, 4.69) is 63.3 Å². The van der Waals surface area contributed by atoms with Gasteiger partial charge in [0.25, 0.3) is 0 Å². The Morgan fingerprint density at radius 3 is 2.33 bits per heavy atom. The van der Waals surface area contributed by atoms with Crippen LogP contribution in [0.3, 0.4) is 0 Å². The van der Waals surface area contributed by atoms with Gasteiger partial charge >= 0.3 is 0 Å². The zero-order valence-corrected chi connectivity index (χ0v) is 14.5. The van der Waals surface area contributed by atoms with Crippen LogP contribution in [0, 0.1) is 13.8 Å². The van der Waals surface area contributed by atoms with Gasteiger partial charge < -0.3 is 10.2 Å². The maximum Gasteiger partial charge on any atom is 0.0359 e. The van der Waals surface area contributed by atoms with E-state index in [9.17, 15) is 0 Å². The lowest BCUT2D eigenvalue weighted by molar-refractivity contribution is 0.105. The molecule has 0 bridgehead atoms. The minimum Gasteiger partial charge on any atom is -0.312 e. The quantitative estimate of drug-likeness (QED) is 0.858. The van der Waals surface area contributed by atoms with Crippen LogP contribution in [-0.2, 0) is 6.42 Å². The SMILES string of the molecule is CCNC(Cc1ccc(C)c(C)c1)C1(N(C)C)CCCC1. The monoisotopic (exact) mass is 288 g/mol. The Bertz CT molecular complexity index is 459. The maximum absolute atomic E-state index is 3.79. The average Bonchev–Trinajstić information content (AvgIpc) is 2.93. The molecule has 2 rings (SSSR count). The zero-order valence-electron chi connectivity index (χ0n) is 14.5. The highest BCUT2D eigenvalue weighted by atomic mass is 15.2. The summed E-state index contributed by atoms with van der Waals surface area (Å²) in [7, 11) is 4.52. The average molecular weight is 288 g/mol. The molecule has 1 N–H and O–H groups in total. The molecule has 0 heterocycles. The number of likely N-dealkylation sites (N-methyl/N-ethyl adjacent to an activating group) is 2. The molecule has 1 aliphatic carbocycles. The van der Waals surface area contributed by atoms with Crippen molar-refractivity contribution in [2.75, 3.05) is 20.6 Å². The number of aryl methyl sites for hydroxylation is 2. The van der Waals surface area contributed by atoms with Gasteiger partial charge in [0, 0.05) is 11.6 Å². The van der Waals surface area contributed by atoms with E-state index < -0.39 is 0 Å². The smallest absolute Gasteiger partial charge is 0.0359 e. The van der Waals surface area contributed by atoms with Crippen molar-refractivity contribution in [2.45, 2.75) is 64.5 Å². The Morgan fingerprint density at radius 2 is 1.81 bits per heavy atom. The van der Waals surface area contributed by atoms with Crippen molar-refractivity contribution in [1.29, 1.82) is 0 Å². The van der Waals surface area contributed by atoms with Crippen LogP contribution in [0.15, 0.2) is 18.2 Å². The molecule has 1 saturated carbocycles. The van der Waals surface area contributed by atoms with Gasteiger partial charge in [-0.3, -0.25) is 0 Å². The molecule has 1 aliphatic rings. The molecule has 21 heavy (non-hydrogen) atoms.